The zero-order valence-corrected chi connectivity index (χ0v) is 16.7. The van der Waals surface area contributed by atoms with Gasteiger partial charge in [-0.1, -0.05) is 13.8 Å². The zero-order chi connectivity index (χ0) is 18.3. The SMILES string of the molecule is CC(C)CC(=O)N1CCCN(C(=O)CC23CC4CC(CC(C4)C2)C3)CC1. The number of hydrogen-bond acceptors (Lipinski definition) is 2. The van der Waals surface area contributed by atoms with Gasteiger partial charge in [-0.25, -0.2) is 0 Å². The van der Waals surface area contributed by atoms with Crippen LogP contribution in [-0.2, 0) is 9.59 Å². The molecule has 4 aliphatic carbocycles. The van der Waals surface area contributed by atoms with Crippen LogP contribution in [0.4, 0.5) is 0 Å². The van der Waals surface area contributed by atoms with Gasteiger partial charge in [0.2, 0.25) is 11.8 Å². The van der Waals surface area contributed by atoms with Crippen LogP contribution < -0.4 is 0 Å². The van der Waals surface area contributed by atoms with Gasteiger partial charge in [0.15, 0.2) is 0 Å². The molecule has 0 aromatic carbocycles. The molecular weight excluding hydrogens is 324 g/mol. The number of nitrogens with zero attached hydrogens (tertiary/aromatic N) is 2. The van der Waals surface area contributed by atoms with Crippen molar-refractivity contribution in [3.63, 3.8) is 0 Å². The largest absolute Gasteiger partial charge is 0.341 e. The van der Waals surface area contributed by atoms with Gasteiger partial charge in [0, 0.05) is 39.0 Å². The third kappa shape index (κ3) is 3.80. The van der Waals surface area contributed by atoms with E-state index in [4.69, 9.17) is 0 Å². The fourth-order valence-corrected chi connectivity index (χ4v) is 6.83. The fraction of sp³-hybridized carbons (Fsp3) is 0.909. The minimum Gasteiger partial charge on any atom is -0.341 e. The fourth-order valence-electron chi connectivity index (χ4n) is 6.83. The molecule has 5 rings (SSSR count). The van der Waals surface area contributed by atoms with E-state index in [2.05, 4.69) is 18.7 Å². The standard InChI is InChI=1S/C22H36N2O2/c1-16(2)8-20(25)23-4-3-5-24(7-6-23)21(26)15-22-12-17-9-18(13-22)11-19(10-17)14-22/h16-19H,3-15H2,1-2H3. The van der Waals surface area contributed by atoms with Gasteiger partial charge in [-0.05, 0) is 74.0 Å². The van der Waals surface area contributed by atoms with E-state index in [0.717, 1.165) is 56.8 Å². The molecule has 5 aliphatic rings. The number of carbonyl (C=O) groups excluding carboxylic acids is 2. The lowest BCUT2D eigenvalue weighted by Gasteiger charge is -2.57. The molecule has 4 bridgehead atoms. The van der Waals surface area contributed by atoms with Crippen molar-refractivity contribution < 1.29 is 9.59 Å². The third-order valence-corrected chi connectivity index (χ3v) is 7.48. The van der Waals surface area contributed by atoms with Crippen molar-refractivity contribution in [3.8, 4) is 0 Å². The van der Waals surface area contributed by atoms with Gasteiger partial charge in [0.05, 0.1) is 0 Å². The third-order valence-electron chi connectivity index (χ3n) is 7.48. The van der Waals surface area contributed by atoms with Gasteiger partial charge >= 0.3 is 0 Å². The molecule has 0 atom stereocenters. The van der Waals surface area contributed by atoms with Gasteiger partial charge in [0.1, 0.15) is 0 Å². The molecule has 4 heteroatoms. The highest BCUT2D eigenvalue weighted by Crippen LogP contribution is 2.61. The summed E-state index contributed by atoms with van der Waals surface area (Å²) in [5.74, 6) is 3.74. The van der Waals surface area contributed by atoms with Crippen molar-refractivity contribution >= 4 is 11.8 Å². The van der Waals surface area contributed by atoms with E-state index in [9.17, 15) is 9.59 Å². The lowest BCUT2D eigenvalue weighted by atomic mass is 9.49. The molecule has 5 fully saturated rings. The van der Waals surface area contributed by atoms with Gasteiger partial charge in [0.25, 0.3) is 0 Å². The highest BCUT2D eigenvalue weighted by Gasteiger charge is 2.51. The van der Waals surface area contributed by atoms with Crippen LogP contribution in [0.1, 0.15) is 71.6 Å². The lowest BCUT2D eigenvalue weighted by Crippen LogP contribution is -2.48. The van der Waals surface area contributed by atoms with Crippen LogP contribution >= 0.6 is 0 Å². The Morgan fingerprint density at radius 2 is 1.35 bits per heavy atom. The second kappa shape index (κ2) is 7.16. The second-order valence-electron chi connectivity index (χ2n) is 10.3. The Hall–Kier alpha value is -1.06. The van der Waals surface area contributed by atoms with Crippen molar-refractivity contribution in [1.82, 2.24) is 9.80 Å². The number of rotatable bonds is 4. The summed E-state index contributed by atoms with van der Waals surface area (Å²) in [6.07, 6.45) is 10.5. The Bertz CT molecular complexity index is 521. The van der Waals surface area contributed by atoms with Crippen LogP contribution in [-0.4, -0.2) is 47.8 Å². The molecule has 26 heavy (non-hydrogen) atoms. The summed E-state index contributed by atoms with van der Waals surface area (Å²) in [4.78, 5) is 29.5. The molecule has 0 aromatic heterocycles. The Labute approximate surface area is 158 Å². The first-order chi connectivity index (χ1) is 12.4. The van der Waals surface area contributed by atoms with Crippen LogP contribution in [0.3, 0.4) is 0 Å². The normalized spacial score (nSPS) is 36.5. The summed E-state index contributed by atoms with van der Waals surface area (Å²) >= 11 is 0. The van der Waals surface area contributed by atoms with Crippen LogP contribution in [0.2, 0.25) is 0 Å². The quantitative estimate of drug-likeness (QED) is 0.767. The molecule has 0 radical (unpaired) electrons. The van der Waals surface area contributed by atoms with Crippen molar-refractivity contribution in [3.05, 3.63) is 0 Å². The molecule has 4 saturated carbocycles. The smallest absolute Gasteiger partial charge is 0.223 e. The molecule has 1 aliphatic heterocycles. The van der Waals surface area contributed by atoms with Crippen LogP contribution in [0.5, 0.6) is 0 Å². The van der Waals surface area contributed by atoms with E-state index in [1.807, 2.05) is 4.90 Å². The van der Waals surface area contributed by atoms with Crippen molar-refractivity contribution in [2.75, 3.05) is 26.2 Å². The van der Waals surface area contributed by atoms with E-state index in [1.54, 1.807) is 0 Å². The minimum absolute atomic E-state index is 0.260. The van der Waals surface area contributed by atoms with Crippen LogP contribution in [0.25, 0.3) is 0 Å². The topological polar surface area (TPSA) is 40.6 Å². The Morgan fingerprint density at radius 1 is 0.846 bits per heavy atom. The number of hydrogen-bond donors (Lipinski definition) is 0. The summed E-state index contributed by atoms with van der Waals surface area (Å²) in [5, 5.41) is 0. The van der Waals surface area contributed by atoms with E-state index in [0.29, 0.717) is 23.7 Å². The summed E-state index contributed by atoms with van der Waals surface area (Å²) in [6, 6.07) is 0. The van der Waals surface area contributed by atoms with Gasteiger partial charge < -0.3 is 9.80 Å². The first-order valence-electron chi connectivity index (χ1n) is 11.0. The minimum atomic E-state index is 0.260. The van der Waals surface area contributed by atoms with E-state index in [1.165, 1.54) is 38.5 Å². The molecule has 1 heterocycles. The first-order valence-corrected chi connectivity index (χ1v) is 11.0. The van der Waals surface area contributed by atoms with Gasteiger partial charge in [-0.2, -0.15) is 0 Å². The average Bonchev–Trinajstić information content (AvgIpc) is 2.78. The average molecular weight is 361 g/mol. The zero-order valence-electron chi connectivity index (χ0n) is 16.7. The van der Waals surface area contributed by atoms with Crippen molar-refractivity contribution in [2.24, 2.45) is 29.1 Å². The molecule has 0 aromatic rings. The lowest BCUT2D eigenvalue weighted by molar-refractivity contribution is -0.140. The molecule has 4 nitrogen and oxygen atoms in total. The molecule has 0 spiro atoms. The Kier molecular flexibility index (Phi) is 5.04. The highest BCUT2D eigenvalue weighted by molar-refractivity contribution is 5.78. The first kappa shape index (κ1) is 18.3. The van der Waals surface area contributed by atoms with Crippen LogP contribution in [0, 0.1) is 29.1 Å². The summed E-state index contributed by atoms with van der Waals surface area (Å²) in [6.45, 7) is 7.28. The van der Waals surface area contributed by atoms with Crippen LogP contribution in [0.15, 0.2) is 0 Å². The summed E-state index contributed by atoms with van der Waals surface area (Å²) in [7, 11) is 0. The van der Waals surface area contributed by atoms with E-state index in [-0.39, 0.29) is 5.91 Å². The van der Waals surface area contributed by atoms with Gasteiger partial charge in [-0.15, -0.1) is 0 Å². The van der Waals surface area contributed by atoms with E-state index >= 15 is 0 Å². The second-order valence-corrected chi connectivity index (χ2v) is 10.3. The molecule has 0 unspecified atom stereocenters. The molecule has 2 amide bonds. The molecule has 1 saturated heterocycles. The highest BCUT2D eigenvalue weighted by atomic mass is 16.2. The monoisotopic (exact) mass is 360 g/mol. The van der Waals surface area contributed by atoms with E-state index < -0.39 is 0 Å². The molecular formula is C22H36N2O2. The number of carbonyl (C=O) groups is 2. The van der Waals surface area contributed by atoms with Crippen molar-refractivity contribution in [2.45, 2.75) is 71.6 Å². The Morgan fingerprint density at radius 3 is 1.85 bits per heavy atom. The maximum atomic E-state index is 13.1. The summed E-state index contributed by atoms with van der Waals surface area (Å²) in [5.41, 5.74) is 0.325. The number of amides is 2. The predicted molar refractivity (Wildman–Crippen MR) is 102 cm³/mol. The predicted octanol–water partition coefficient (Wildman–Crippen LogP) is 3.70. The molecule has 146 valence electrons. The maximum Gasteiger partial charge on any atom is 0.223 e. The van der Waals surface area contributed by atoms with Crippen molar-refractivity contribution in [1.29, 1.82) is 0 Å². The van der Waals surface area contributed by atoms with Gasteiger partial charge in [-0.3, -0.25) is 9.59 Å². The molecule has 0 N–H and O–H groups in total. The summed E-state index contributed by atoms with van der Waals surface area (Å²) < 4.78 is 0. The maximum absolute atomic E-state index is 13.1. The Balaban J connectivity index is 1.33.